The second-order valence-electron chi connectivity index (χ2n) is 26.3. The van der Waals surface area contributed by atoms with E-state index >= 15 is 0 Å². The number of aromatic nitrogens is 11. The van der Waals surface area contributed by atoms with Crippen molar-refractivity contribution in [3.05, 3.63) is 361 Å². The van der Waals surface area contributed by atoms with Crippen molar-refractivity contribution in [1.82, 2.24) is 52.3 Å². The van der Waals surface area contributed by atoms with Crippen LogP contribution < -0.4 is 14.2 Å². The summed E-state index contributed by atoms with van der Waals surface area (Å²) in [5, 5.41) is 0. The summed E-state index contributed by atoms with van der Waals surface area (Å²) in [6.45, 7) is 15.5. The van der Waals surface area contributed by atoms with E-state index in [9.17, 15) is 0 Å². The van der Waals surface area contributed by atoms with Crippen molar-refractivity contribution < 1.29 is 115 Å². The van der Waals surface area contributed by atoms with Crippen LogP contribution in [0.25, 0.3) is 91.1 Å². The Labute approximate surface area is 724 Å². The summed E-state index contributed by atoms with van der Waals surface area (Å²) < 4.78 is 28.8. The van der Waals surface area contributed by atoms with Crippen molar-refractivity contribution in [3.63, 3.8) is 0 Å². The number of hydrogen-bond donors (Lipinski definition) is 0. The molecule has 5 radical (unpaired) electrons. The first-order valence-electron chi connectivity index (χ1n) is 35.9. The zero-order valence-corrected chi connectivity index (χ0v) is 75.3. The first kappa shape index (κ1) is 86.2. The molecule has 0 bridgehead atoms. The van der Waals surface area contributed by atoms with Crippen LogP contribution in [0.3, 0.4) is 0 Å². The molecule has 0 atom stereocenters. The zero-order chi connectivity index (χ0) is 73.8. The van der Waals surface area contributed by atoms with E-state index in [0.717, 1.165) is 128 Å². The van der Waals surface area contributed by atoms with E-state index in [-0.39, 0.29) is 101 Å². The number of fused-ring (bicyclic) bond motifs is 2. The molecule has 6 aromatic heterocycles. The second kappa shape index (κ2) is 40.6. The quantitative estimate of drug-likeness (QED) is 0.105. The van der Waals surface area contributed by atoms with Gasteiger partial charge in [0.15, 0.2) is 0 Å². The molecule has 577 valence electrons. The van der Waals surface area contributed by atoms with E-state index in [1.807, 2.05) is 171 Å². The zero-order valence-electron chi connectivity index (χ0n) is 63.3. The molecule has 19 heteroatoms. The fraction of sp³-hybridized carbons (Fsp3) is 0.151. The number of benzene rings is 10. The van der Waals surface area contributed by atoms with Gasteiger partial charge in [0.2, 0.25) is 0 Å². The first-order chi connectivity index (χ1) is 52.4. The van der Waals surface area contributed by atoms with Gasteiger partial charge in [-0.15, -0.1) is 155 Å². The van der Waals surface area contributed by atoms with E-state index in [1.54, 1.807) is 20.4 Å². The Morgan fingerprint density at radius 1 is 0.348 bits per heavy atom. The topological polar surface area (TPSA) is 122 Å². The average Bonchev–Trinajstić information content (AvgIpc) is 1.63. The van der Waals surface area contributed by atoms with Crippen molar-refractivity contribution in [2.24, 2.45) is 0 Å². The van der Waals surface area contributed by atoms with E-state index in [0.29, 0.717) is 0 Å². The molecule has 0 spiro atoms. The number of para-hydroxylation sites is 3. The summed E-state index contributed by atoms with van der Waals surface area (Å²) in [4.78, 5) is 22.6. The van der Waals surface area contributed by atoms with Crippen LogP contribution in [0.1, 0.15) is 62.3 Å². The third-order valence-corrected chi connectivity index (χ3v) is 19.2. The number of nitrogens with zero attached hydrogens (tertiary/aromatic N) is 11. The van der Waals surface area contributed by atoms with Gasteiger partial charge in [0.1, 0.15) is 5.75 Å². The molecule has 7 heterocycles. The van der Waals surface area contributed by atoms with Crippen LogP contribution in [0.2, 0.25) is 0 Å². The molecule has 0 N–H and O–H groups in total. The van der Waals surface area contributed by atoms with E-state index in [1.165, 1.54) is 68.9 Å². The standard InChI is InChI=1S/C24H22N3.C18H15N2O.C18H17N2O.C17H15N2O.C16H13N2.5Ir/c1-17-12-13-18(2)27(17)21-9-3-8-20(16-21)24-25-14-15-26(24)23-11-5-7-19-6-4-10-22(19)23;1-13-4-2-3-5-16(13)20-10-9-19-18(20)15-6-7-17-14(12-15)8-11-21-17;1-13-4-6-15(7-5-13)18-19-10-11-20(18)17-9-8-16(21-3)12-14(17)2;1-13-5-3-4-6-16(13)19-12-11-18-17(19)14-7-9-15(20-2)10-8-14;1-13-7-5-6-10-15(13)18-12-11-17-16(18)14-8-3-2-4-9-14;;;;;/h3,5,7,9,11-16H,4,6,10H2,1-2H3;2-5,7,9-10,12H,8,11H2,1H3;4-6,8-12H,1-3H3;3-7,9-12H,1-2H3;2-8,10-12H,1H3;;;;;/q5*-1;;;;;. The number of hydrogen-bond acceptors (Lipinski definition) is 8. The van der Waals surface area contributed by atoms with Gasteiger partial charge in [-0.3, -0.25) is 24.9 Å². The van der Waals surface area contributed by atoms with Gasteiger partial charge in [0.25, 0.3) is 0 Å². The van der Waals surface area contributed by atoms with Crippen LogP contribution in [0.4, 0.5) is 0 Å². The molecule has 112 heavy (non-hydrogen) atoms. The maximum Gasteiger partial charge on any atom is 0.119 e. The Balaban J connectivity index is 0.000000160. The molecule has 16 aromatic rings. The summed E-state index contributed by atoms with van der Waals surface area (Å²) in [6, 6.07) is 88.3. The average molecular weight is 2360 g/mol. The molecular weight excluding hydrogens is 2280 g/mol. The molecule has 0 fully saturated rings. The van der Waals surface area contributed by atoms with Gasteiger partial charge in [0, 0.05) is 214 Å². The number of methoxy groups -OCH3 is 2. The molecule has 0 saturated carbocycles. The van der Waals surface area contributed by atoms with Crippen molar-refractivity contribution in [2.75, 3.05) is 20.8 Å². The number of rotatable bonds is 13. The van der Waals surface area contributed by atoms with Crippen molar-refractivity contribution in [2.45, 2.75) is 74.1 Å². The minimum Gasteiger partial charge on any atom is -0.540 e. The van der Waals surface area contributed by atoms with Gasteiger partial charge >= 0.3 is 0 Å². The minimum absolute atomic E-state index is 0. The Bertz CT molecular complexity index is 5680. The molecule has 0 amide bonds. The molecular formula is C93H82Ir5N11O3-5. The number of imidazole rings is 5. The van der Waals surface area contributed by atoms with Crippen molar-refractivity contribution in [3.8, 4) is 108 Å². The Hall–Kier alpha value is -9.82. The molecule has 14 nitrogen and oxygen atoms in total. The predicted octanol–water partition coefficient (Wildman–Crippen LogP) is 20.1. The SMILES string of the molecule is COc1c[c-]c(-c2nccn2-c2ccccc2C)cc1.COc1ccc(-n2ccnc2-c2[c-]cc(C)cc2)c(C)c1.Cc1ccc(C)n1-c1cc[c-]c(-c2nccn2-c2cccc3c2CCC3)c1.Cc1ccccc1-n1ccnc1-c1[c-]cc2c(c1)CCO2.Cc1ccccc1-n1ccnc1-c1[c-]cccc1.[Ir].[Ir].[Ir].[Ir].[Ir]. The maximum atomic E-state index is 5.55. The third-order valence-electron chi connectivity index (χ3n) is 19.2. The Morgan fingerprint density at radius 2 is 0.804 bits per heavy atom. The van der Waals surface area contributed by atoms with Crippen LogP contribution in [0.15, 0.2) is 274 Å². The second-order valence-corrected chi connectivity index (χ2v) is 26.3. The van der Waals surface area contributed by atoms with Gasteiger partial charge in [-0.1, -0.05) is 79.2 Å². The molecule has 0 unspecified atom stereocenters. The molecule has 0 saturated heterocycles. The summed E-state index contributed by atoms with van der Waals surface area (Å²) in [5.74, 6) is 7.16. The monoisotopic (exact) mass is 2370 g/mol. The van der Waals surface area contributed by atoms with E-state index in [4.69, 9.17) is 14.2 Å². The molecule has 18 rings (SSSR count). The molecule has 1 aliphatic carbocycles. The largest absolute Gasteiger partial charge is 0.540 e. The normalized spacial score (nSPS) is 11.2. The fourth-order valence-corrected chi connectivity index (χ4v) is 13.7. The summed E-state index contributed by atoms with van der Waals surface area (Å²) >= 11 is 0. The summed E-state index contributed by atoms with van der Waals surface area (Å²) in [7, 11) is 3.33. The van der Waals surface area contributed by atoms with Gasteiger partial charge in [-0.25, -0.2) is 0 Å². The molecule has 10 aromatic carbocycles. The number of ether oxygens (including phenoxy) is 3. The van der Waals surface area contributed by atoms with Gasteiger partial charge < -0.3 is 41.6 Å². The predicted molar refractivity (Wildman–Crippen MR) is 426 cm³/mol. The van der Waals surface area contributed by atoms with Crippen LogP contribution in [0.5, 0.6) is 17.2 Å². The van der Waals surface area contributed by atoms with Crippen LogP contribution in [-0.4, -0.2) is 73.1 Å². The van der Waals surface area contributed by atoms with Crippen molar-refractivity contribution in [1.29, 1.82) is 0 Å². The first-order valence-corrected chi connectivity index (χ1v) is 35.9. The van der Waals surface area contributed by atoms with E-state index < -0.39 is 0 Å². The smallest absolute Gasteiger partial charge is 0.119 e. The van der Waals surface area contributed by atoms with Gasteiger partial charge in [-0.2, -0.15) is 0 Å². The Morgan fingerprint density at radius 3 is 1.29 bits per heavy atom. The number of aryl methyl sites for hydroxylation is 8. The minimum atomic E-state index is 0. The van der Waals surface area contributed by atoms with Gasteiger partial charge in [-0.05, 0) is 161 Å². The molecule has 1 aliphatic heterocycles. The fourth-order valence-electron chi connectivity index (χ4n) is 13.7. The maximum absolute atomic E-state index is 5.55. The van der Waals surface area contributed by atoms with E-state index in [2.05, 4.69) is 228 Å². The van der Waals surface area contributed by atoms with Gasteiger partial charge in [0.05, 0.1) is 49.9 Å². The molecule has 2 aliphatic rings. The summed E-state index contributed by atoms with van der Waals surface area (Å²) in [6.07, 6.45) is 23.7. The third kappa shape index (κ3) is 19.6. The van der Waals surface area contributed by atoms with Crippen LogP contribution in [0, 0.1) is 78.8 Å². The van der Waals surface area contributed by atoms with Crippen LogP contribution in [-0.2, 0) is 120 Å². The van der Waals surface area contributed by atoms with Crippen molar-refractivity contribution >= 4 is 0 Å². The van der Waals surface area contributed by atoms with Crippen LogP contribution >= 0.6 is 0 Å². The Kier molecular flexibility index (Phi) is 31.2. The summed E-state index contributed by atoms with van der Waals surface area (Å²) in [5.41, 5.74) is 24.5.